The zero-order chi connectivity index (χ0) is 15.1. The molecule has 21 heavy (non-hydrogen) atoms. The van der Waals surface area contributed by atoms with Gasteiger partial charge in [-0.25, -0.2) is 10.5 Å². The van der Waals surface area contributed by atoms with Crippen molar-refractivity contribution in [3.05, 3.63) is 18.5 Å². The largest absolute Gasteiger partial charge is 0.356 e. The number of carbonyl (C=O) groups excluding carboxylic acids is 1. The summed E-state index contributed by atoms with van der Waals surface area (Å²) in [6, 6.07) is 1.75. The molecule has 0 aliphatic rings. The van der Waals surface area contributed by atoms with Gasteiger partial charge in [0, 0.05) is 31.9 Å². The number of aromatic nitrogens is 5. The number of nitrogens with zero attached hydrogens (tertiary/aromatic N) is 5. The smallest absolute Gasteiger partial charge is 0.257 e. The average molecular weight is 291 g/mol. The first-order valence-corrected chi connectivity index (χ1v) is 6.46. The van der Waals surface area contributed by atoms with Crippen LogP contribution in [0.25, 0.3) is 5.95 Å². The molecule has 0 radical (unpaired) electrons. The molecule has 0 spiro atoms. The number of nitrogens with one attached hydrogen (secondary N) is 3. The van der Waals surface area contributed by atoms with Crippen LogP contribution in [0.2, 0.25) is 0 Å². The third-order valence-corrected chi connectivity index (χ3v) is 2.47. The van der Waals surface area contributed by atoms with E-state index in [9.17, 15) is 4.79 Å². The second kappa shape index (κ2) is 7.14. The molecule has 10 heteroatoms. The van der Waals surface area contributed by atoms with Gasteiger partial charge in [-0.2, -0.15) is 20.1 Å². The Bertz CT molecular complexity index is 583. The molecular formula is C11H17N9O. The molecule has 0 saturated heterocycles. The molecule has 10 nitrogen and oxygen atoms in total. The van der Waals surface area contributed by atoms with Crippen LogP contribution in [0, 0.1) is 0 Å². The Balaban J connectivity index is 2.05. The minimum atomic E-state index is -0.0384. The number of nitrogen functional groups attached to an aromatic ring is 1. The van der Waals surface area contributed by atoms with Gasteiger partial charge in [0.15, 0.2) is 0 Å². The predicted molar refractivity (Wildman–Crippen MR) is 76.5 cm³/mol. The average Bonchev–Trinajstić information content (AvgIpc) is 3.01. The van der Waals surface area contributed by atoms with Crippen molar-refractivity contribution in [2.45, 2.75) is 13.3 Å². The van der Waals surface area contributed by atoms with Crippen LogP contribution in [0.5, 0.6) is 0 Å². The van der Waals surface area contributed by atoms with Gasteiger partial charge in [0.25, 0.3) is 5.95 Å². The van der Waals surface area contributed by atoms with Crippen molar-refractivity contribution in [1.29, 1.82) is 0 Å². The molecule has 1 amide bonds. The van der Waals surface area contributed by atoms with Gasteiger partial charge in [-0.15, -0.1) is 0 Å². The van der Waals surface area contributed by atoms with Gasteiger partial charge in [0.1, 0.15) is 0 Å². The standard InChI is InChI=1S/C11H17N9O/c1-2-13-8(21)4-6-14-9-16-10(19-12)18-11(17-9)20-7-3-5-15-20/h3,5,7H,2,4,6,12H2,1H3,(H,13,21)(H2,14,16,17,18,19). The second-order valence-electron chi connectivity index (χ2n) is 4.01. The summed E-state index contributed by atoms with van der Waals surface area (Å²) < 4.78 is 1.48. The topological polar surface area (TPSA) is 136 Å². The van der Waals surface area contributed by atoms with Crippen LogP contribution in [-0.2, 0) is 4.79 Å². The van der Waals surface area contributed by atoms with Crippen molar-refractivity contribution in [3.63, 3.8) is 0 Å². The maximum absolute atomic E-state index is 11.4. The monoisotopic (exact) mass is 291 g/mol. The van der Waals surface area contributed by atoms with Crippen molar-refractivity contribution < 1.29 is 4.79 Å². The lowest BCUT2D eigenvalue weighted by Crippen LogP contribution is -2.25. The molecule has 112 valence electrons. The van der Waals surface area contributed by atoms with E-state index in [1.807, 2.05) is 6.92 Å². The number of anilines is 2. The molecule has 0 fully saturated rings. The van der Waals surface area contributed by atoms with Crippen LogP contribution in [0.4, 0.5) is 11.9 Å². The van der Waals surface area contributed by atoms with E-state index >= 15 is 0 Å². The minimum Gasteiger partial charge on any atom is -0.356 e. The van der Waals surface area contributed by atoms with E-state index in [1.54, 1.807) is 18.5 Å². The molecule has 0 unspecified atom stereocenters. The zero-order valence-corrected chi connectivity index (χ0v) is 11.6. The molecule has 2 aromatic heterocycles. The summed E-state index contributed by atoms with van der Waals surface area (Å²) >= 11 is 0. The lowest BCUT2D eigenvalue weighted by atomic mass is 10.4. The van der Waals surface area contributed by atoms with Gasteiger partial charge in [0.05, 0.1) is 0 Å². The number of hydrazine groups is 1. The number of rotatable bonds is 7. The van der Waals surface area contributed by atoms with Crippen molar-refractivity contribution in [1.82, 2.24) is 30.0 Å². The first-order valence-electron chi connectivity index (χ1n) is 6.46. The van der Waals surface area contributed by atoms with Gasteiger partial charge in [-0.3, -0.25) is 10.2 Å². The van der Waals surface area contributed by atoms with Gasteiger partial charge in [-0.1, -0.05) is 0 Å². The lowest BCUT2D eigenvalue weighted by Gasteiger charge is -2.08. The van der Waals surface area contributed by atoms with E-state index < -0.39 is 0 Å². The molecule has 0 aromatic carbocycles. The fourth-order valence-electron chi connectivity index (χ4n) is 1.57. The van der Waals surface area contributed by atoms with Crippen molar-refractivity contribution in [2.75, 3.05) is 23.8 Å². The number of nitrogens with two attached hydrogens (primary N) is 1. The van der Waals surface area contributed by atoms with Crippen molar-refractivity contribution in [2.24, 2.45) is 5.84 Å². The molecule has 0 bridgehead atoms. The Kier molecular flexibility index (Phi) is 4.99. The fraction of sp³-hybridized carbons (Fsp3) is 0.364. The molecular weight excluding hydrogens is 274 g/mol. The zero-order valence-electron chi connectivity index (χ0n) is 11.6. The Morgan fingerprint density at radius 1 is 1.33 bits per heavy atom. The maximum atomic E-state index is 11.4. The van der Waals surface area contributed by atoms with Crippen LogP contribution >= 0.6 is 0 Å². The summed E-state index contributed by atoms with van der Waals surface area (Å²) in [5.41, 5.74) is 2.37. The molecule has 0 aliphatic heterocycles. The SMILES string of the molecule is CCNC(=O)CCNc1nc(NN)nc(-n2cccn2)n1. The van der Waals surface area contributed by atoms with E-state index in [0.29, 0.717) is 31.4 Å². The molecule has 5 N–H and O–H groups in total. The van der Waals surface area contributed by atoms with Gasteiger partial charge in [-0.05, 0) is 13.0 Å². The van der Waals surface area contributed by atoms with E-state index in [2.05, 4.69) is 36.1 Å². The molecule has 2 heterocycles. The lowest BCUT2D eigenvalue weighted by molar-refractivity contribution is -0.120. The highest BCUT2D eigenvalue weighted by Crippen LogP contribution is 2.07. The van der Waals surface area contributed by atoms with E-state index in [0.717, 1.165) is 0 Å². The number of hydrogen-bond donors (Lipinski definition) is 4. The first-order chi connectivity index (χ1) is 10.2. The Hall–Kier alpha value is -2.75. The van der Waals surface area contributed by atoms with E-state index in [1.165, 1.54) is 4.68 Å². The Morgan fingerprint density at radius 3 is 2.81 bits per heavy atom. The molecule has 2 rings (SSSR count). The van der Waals surface area contributed by atoms with Gasteiger partial charge < -0.3 is 10.6 Å². The van der Waals surface area contributed by atoms with Gasteiger partial charge in [0.2, 0.25) is 17.8 Å². The summed E-state index contributed by atoms with van der Waals surface area (Å²) in [7, 11) is 0. The van der Waals surface area contributed by atoms with E-state index in [-0.39, 0.29) is 11.9 Å². The predicted octanol–water partition coefficient (Wildman–Crippen LogP) is -0.719. The van der Waals surface area contributed by atoms with Crippen LogP contribution in [0.15, 0.2) is 18.5 Å². The third-order valence-electron chi connectivity index (χ3n) is 2.47. The first kappa shape index (κ1) is 14.7. The number of amides is 1. The second-order valence-corrected chi connectivity index (χ2v) is 4.01. The quantitative estimate of drug-likeness (QED) is 0.387. The normalized spacial score (nSPS) is 10.2. The van der Waals surface area contributed by atoms with Crippen molar-refractivity contribution >= 4 is 17.8 Å². The van der Waals surface area contributed by atoms with Crippen LogP contribution in [0.1, 0.15) is 13.3 Å². The number of hydrogen-bond acceptors (Lipinski definition) is 8. The fourth-order valence-corrected chi connectivity index (χ4v) is 1.57. The molecule has 0 atom stereocenters. The highest BCUT2D eigenvalue weighted by Gasteiger charge is 2.08. The summed E-state index contributed by atoms with van der Waals surface area (Å²) in [6.07, 6.45) is 3.64. The summed E-state index contributed by atoms with van der Waals surface area (Å²) in [6.45, 7) is 2.88. The van der Waals surface area contributed by atoms with Gasteiger partial charge >= 0.3 is 0 Å². The van der Waals surface area contributed by atoms with Crippen LogP contribution < -0.4 is 21.9 Å². The van der Waals surface area contributed by atoms with E-state index in [4.69, 9.17) is 5.84 Å². The Labute approximate surface area is 121 Å². The summed E-state index contributed by atoms with van der Waals surface area (Å²) in [5.74, 6) is 6.13. The van der Waals surface area contributed by atoms with Crippen LogP contribution in [0.3, 0.4) is 0 Å². The molecule has 2 aromatic rings. The highest BCUT2D eigenvalue weighted by molar-refractivity contribution is 5.76. The summed E-state index contributed by atoms with van der Waals surface area (Å²) in [5, 5.41) is 9.70. The molecule has 0 saturated carbocycles. The third kappa shape index (κ3) is 4.11. The van der Waals surface area contributed by atoms with Crippen LogP contribution in [-0.4, -0.2) is 43.7 Å². The van der Waals surface area contributed by atoms with Crippen molar-refractivity contribution in [3.8, 4) is 5.95 Å². The highest BCUT2D eigenvalue weighted by atomic mass is 16.1. The molecule has 0 aliphatic carbocycles. The summed E-state index contributed by atoms with van der Waals surface area (Å²) in [4.78, 5) is 23.7. The Morgan fingerprint density at radius 2 is 2.14 bits per heavy atom. The number of carbonyl (C=O) groups is 1. The maximum Gasteiger partial charge on any atom is 0.257 e. The minimum absolute atomic E-state index is 0.0384.